The molecule has 0 atom stereocenters. The van der Waals surface area contributed by atoms with E-state index in [0.717, 1.165) is 23.9 Å². The first-order chi connectivity index (χ1) is 8.65. The lowest BCUT2D eigenvalue weighted by molar-refractivity contribution is 0.0913. The molecule has 1 amide bonds. The zero-order valence-electron chi connectivity index (χ0n) is 10.3. The number of nitrogens with one attached hydrogen (secondary N) is 1. The predicted molar refractivity (Wildman–Crippen MR) is 77.2 cm³/mol. The van der Waals surface area contributed by atoms with Gasteiger partial charge in [0.15, 0.2) is 0 Å². The molecule has 100 valence electrons. The Morgan fingerprint density at radius 2 is 2.22 bits per heavy atom. The number of carbonyl (C=O) groups is 1. The van der Waals surface area contributed by atoms with Crippen LogP contribution < -0.4 is 5.32 Å². The van der Waals surface area contributed by atoms with E-state index in [1.165, 1.54) is 0 Å². The Hall–Kier alpha value is -0.580. The van der Waals surface area contributed by atoms with E-state index in [2.05, 4.69) is 28.2 Å². The highest BCUT2D eigenvalue weighted by molar-refractivity contribution is 9.10. The van der Waals surface area contributed by atoms with Crippen molar-refractivity contribution >= 4 is 33.4 Å². The molecule has 0 aliphatic carbocycles. The van der Waals surface area contributed by atoms with Crippen molar-refractivity contribution < 1.29 is 9.53 Å². The first-order valence-electron chi connectivity index (χ1n) is 5.96. The molecule has 0 bridgehead atoms. The minimum Gasteiger partial charge on any atom is -0.380 e. The number of rotatable bonds is 7. The summed E-state index contributed by atoms with van der Waals surface area (Å²) in [7, 11) is 0. The van der Waals surface area contributed by atoms with Gasteiger partial charge in [0.1, 0.15) is 0 Å². The molecule has 3 nitrogen and oxygen atoms in total. The second-order valence-corrected chi connectivity index (χ2v) is 5.17. The lowest BCUT2D eigenvalue weighted by atomic mass is 10.2. The summed E-state index contributed by atoms with van der Waals surface area (Å²) >= 11 is 9.27. The van der Waals surface area contributed by atoms with E-state index < -0.39 is 0 Å². The highest BCUT2D eigenvalue weighted by Crippen LogP contribution is 2.20. The minimum absolute atomic E-state index is 0.180. The first-order valence-corrected chi connectivity index (χ1v) is 7.13. The molecule has 1 aromatic carbocycles. The average molecular weight is 335 g/mol. The Morgan fingerprint density at radius 1 is 1.44 bits per heavy atom. The summed E-state index contributed by atoms with van der Waals surface area (Å²) < 4.78 is 6.19. The Labute approximate surface area is 121 Å². The first kappa shape index (κ1) is 15.5. The summed E-state index contributed by atoms with van der Waals surface area (Å²) in [5.74, 6) is -0.180. The van der Waals surface area contributed by atoms with Gasteiger partial charge in [-0.15, -0.1) is 0 Å². The van der Waals surface area contributed by atoms with E-state index in [1.807, 2.05) is 0 Å². The Balaban J connectivity index is 2.34. The van der Waals surface area contributed by atoms with Gasteiger partial charge < -0.3 is 10.1 Å². The second kappa shape index (κ2) is 8.51. The molecule has 18 heavy (non-hydrogen) atoms. The Bertz CT molecular complexity index is 399. The molecule has 0 fully saturated rings. The largest absolute Gasteiger partial charge is 0.380 e. The summed E-state index contributed by atoms with van der Waals surface area (Å²) in [5, 5.41) is 3.22. The third-order valence-corrected chi connectivity index (χ3v) is 3.17. The number of carbonyl (C=O) groups excluding carboxylic acids is 1. The van der Waals surface area contributed by atoms with Crippen molar-refractivity contribution in [3.05, 3.63) is 33.3 Å². The maximum atomic E-state index is 11.8. The van der Waals surface area contributed by atoms with Gasteiger partial charge in [-0.2, -0.15) is 0 Å². The number of unbranched alkanes of at least 4 members (excludes halogenated alkanes) is 1. The van der Waals surface area contributed by atoms with E-state index in [4.69, 9.17) is 16.3 Å². The van der Waals surface area contributed by atoms with Gasteiger partial charge in [0.2, 0.25) is 0 Å². The molecule has 0 unspecified atom stereocenters. The molecule has 0 saturated carbocycles. The topological polar surface area (TPSA) is 38.3 Å². The van der Waals surface area contributed by atoms with Crippen molar-refractivity contribution in [2.24, 2.45) is 0 Å². The highest BCUT2D eigenvalue weighted by Gasteiger charge is 2.09. The van der Waals surface area contributed by atoms with Gasteiger partial charge in [-0.1, -0.05) is 40.9 Å². The standard InChI is InChI=1S/C13H17BrClNO2/c1-2-3-7-18-8-6-16-13(17)11-9-10(14)4-5-12(11)15/h4-5,9H,2-3,6-8H2,1H3,(H,16,17). The molecular weight excluding hydrogens is 318 g/mol. The van der Waals surface area contributed by atoms with Crippen molar-refractivity contribution in [3.8, 4) is 0 Å². The van der Waals surface area contributed by atoms with Crippen molar-refractivity contribution in [1.82, 2.24) is 5.32 Å². The molecule has 5 heteroatoms. The van der Waals surface area contributed by atoms with Crippen LogP contribution in [0.2, 0.25) is 5.02 Å². The molecule has 1 aromatic rings. The molecule has 0 spiro atoms. The third kappa shape index (κ3) is 5.38. The molecule has 0 aromatic heterocycles. The quantitative estimate of drug-likeness (QED) is 0.773. The van der Waals surface area contributed by atoms with Gasteiger partial charge in [-0.25, -0.2) is 0 Å². The maximum absolute atomic E-state index is 11.8. The van der Waals surface area contributed by atoms with Crippen LogP contribution in [0.3, 0.4) is 0 Å². The van der Waals surface area contributed by atoms with Crippen LogP contribution in [0.1, 0.15) is 30.1 Å². The van der Waals surface area contributed by atoms with E-state index in [1.54, 1.807) is 18.2 Å². The van der Waals surface area contributed by atoms with Crippen molar-refractivity contribution in [2.75, 3.05) is 19.8 Å². The van der Waals surface area contributed by atoms with Gasteiger partial charge in [0.05, 0.1) is 17.2 Å². The van der Waals surface area contributed by atoms with Crippen LogP contribution >= 0.6 is 27.5 Å². The number of hydrogen-bond acceptors (Lipinski definition) is 2. The van der Waals surface area contributed by atoms with E-state index in [0.29, 0.717) is 23.7 Å². The number of amides is 1. The Morgan fingerprint density at radius 3 is 2.94 bits per heavy atom. The van der Waals surface area contributed by atoms with Crippen LogP contribution in [0.15, 0.2) is 22.7 Å². The molecule has 0 aliphatic heterocycles. The summed E-state index contributed by atoms with van der Waals surface area (Å²) in [4.78, 5) is 11.8. The highest BCUT2D eigenvalue weighted by atomic mass is 79.9. The molecule has 1 rings (SSSR count). The van der Waals surface area contributed by atoms with Crippen LogP contribution in [0.25, 0.3) is 0 Å². The van der Waals surface area contributed by atoms with Crippen molar-refractivity contribution in [3.63, 3.8) is 0 Å². The summed E-state index contributed by atoms with van der Waals surface area (Å²) in [6, 6.07) is 5.20. The van der Waals surface area contributed by atoms with Crippen LogP contribution in [0.4, 0.5) is 0 Å². The molecule has 1 N–H and O–H groups in total. The number of ether oxygens (including phenoxy) is 1. The Kier molecular flexibility index (Phi) is 7.32. The van der Waals surface area contributed by atoms with E-state index in [9.17, 15) is 4.79 Å². The lowest BCUT2D eigenvalue weighted by Crippen LogP contribution is -2.27. The molecule has 0 radical (unpaired) electrons. The second-order valence-electron chi connectivity index (χ2n) is 3.85. The summed E-state index contributed by atoms with van der Waals surface area (Å²) in [6.45, 7) is 3.87. The van der Waals surface area contributed by atoms with Gasteiger partial charge in [0, 0.05) is 17.6 Å². The van der Waals surface area contributed by atoms with Crippen LogP contribution in [-0.2, 0) is 4.74 Å². The maximum Gasteiger partial charge on any atom is 0.252 e. The molecule has 0 aliphatic rings. The SMILES string of the molecule is CCCCOCCNC(=O)c1cc(Br)ccc1Cl. The van der Waals surface area contributed by atoms with Gasteiger partial charge >= 0.3 is 0 Å². The number of halogens is 2. The predicted octanol–water partition coefficient (Wildman–Crippen LogP) is 3.65. The zero-order chi connectivity index (χ0) is 13.4. The van der Waals surface area contributed by atoms with Gasteiger partial charge in [-0.3, -0.25) is 4.79 Å². The monoisotopic (exact) mass is 333 g/mol. The molecule has 0 saturated heterocycles. The average Bonchev–Trinajstić information content (AvgIpc) is 2.36. The zero-order valence-corrected chi connectivity index (χ0v) is 12.7. The fourth-order valence-electron chi connectivity index (χ4n) is 1.35. The fraction of sp³-hybridized carbons (Fsp3) is 0.462. The third-order valence-electron chi connectivity index (χ3n) is 2.35. The number of benzene rings is 1. The van der Waals surface area contributed by atoms with Crippen LogP contribution in [-0.4, -0.2) is 25.7 Å². The normalized spacial score (nSPS) is 10.4. The number of hydrogen-bond donors (Lipinski definition) is 1. The smallest absolute Gasteiger partial charge is 0.252 e. The van der Waals surface area contributed by atoms with E-state index >= 15 is 0 Å². The van der Waals surface area contributed by atoms with Crippen LogP contribution in [0.5, 0.6) is 0 Å². The van der Waals surface area contributed by atoms with Crippen LogP contribution in [0, 0.1) is 0 Å². The molecule has 0 heterocycles. The van der Waals surface area contributed by atoms with Gasteiger partial charge in [-0.05, 0) is 24.6 Å². The van der Waals surface area contributed by atoms with Crippen molar-refractivity contribution in [2.45, 2.75) is 19.8 Å². The lowest BCUT2D eigenvalue weighted by Gasteiger charge is -2.07. The van der Waals surface area contributed by atoms with Gasteiger partial charge in [0.25, 0.3) is 5.91 Å². The van der Waals surface area contributed by atoms with Crippen molar-refractivity contribution in [1.29, 1.82) is 0 Å². The van der Waals surface area contributed by atoms with E-state index in [-0.39, 0.29) is 5.91 Å². The fourth-order valence-corrected chi connectivity index (χ4v) is 1.92. The molecular formula is C13H17BrClNO2. The summed E-state index contributed by atoms with van der Waals surface area (Å²) in [6.07, 6.45) is 2.16. The summed E-state index contributed by atoms with van der Waals surface area (Å²) in [5.41, 5.74) is 0.472. The minimum atomic E-state index is -0.180.